The van der Waals surface area contributed by atoms with Crippen molar-refractivity contribution in [3.8, 4) is 11.1 Å². The quantitative estimate of drug-likeness (QED) is 0.602. The van der Waals surface area contributed by atoms with E-state index in [1.807, 2.05) is 6.92 Å². The van der Waals surface area contributed by atoms with E-state index in [2.05, 4.69) is 15.3 Å². The molecule has 0 bridgehead atoms. The average Bonchev–Trinajstić information content (AvgIpc) is 3.12. The zero-order valence-corrected chi connectivity index (χ0v) is 18.7. The summed E-state index contributed by atoms with van der Waals surface area (Å²) in [5, 5.41) is 3.12. The van der Waals surface area contributed by atoms with E-state index in [-0.39, 0.29) is 43.9 Å². The minimum atomic E-state index is -1.46. The number of hydrogen-bond acceptors (Lipinski definition) is 7. The highest BCUT2D eigenvalue weighted by atomic mass is 32.1. The van der Waals surface area contributed by atoms with Gasteiger partial charge in [-0.15, -0.1) is 0 Å². The van der Waals surface area contributed by atoms with Crippen LogP contribution in [0.4, 0.5) is 8.78 Å². The Labute approximate surface area is 188 Å². The maximum Gasteiger partial charge on any atom is 0.281 e. The number of hydrogen-bond donors (Lipinski definition) is 1. The van der Waals surface area contributed by atoms with Gasteiger partial charge in [0.25, 0.3) is 5.19 Å². The van der Waals surface area contributed by atoms with Crippen molar-refractivity contribution >= 4 is 27.6 Å². The number of ether oxygens (including phenoxy) is 3. The van der Waals surface area contributed by atoms with E-state index in [4.69, 9.17) is 14.2 Å². The van der Waals surface area contributed by atoms with Crippen molar-refractivity contribution in [3.05, 3.63) is 36.1 Å². The Kier molecular flexibility index (Phi) is 6.71. The molecule has 2 aliphatic rings. The van der Waals surface area contributed by atoms with Gasteiger partial charge in [0.1, 0.15) is 29.7 Å². The molecule has 1 unspecified atom stereocenters. The molecule has 10 heteroatoms. The fourth-order valence-electron chi connectivity index (χ4n) is 3.52. The molecule has 0 saturated heterocycles. The predicted molar refractivity (Wildman–Crippen MR) is 116 cm³/mol. The van der Waals surface area contributed by atoms with Crippen molar-refractivity contribution in [1.82, 2.24) is 15.3 Å². The molecule has 2 heterocycles. The fourth-order valence-corrected chi connectivity index (χ4v) is 4.32. The SMILES string of the molecule is CC(=O)N[C@@H](C)COC1CC(F)(COc2ccc3nc(OC4=CCC(F)C=C4)sc3n2)C1. The lowest BCUT2D eigenvalue weighted by atomic mass is 9.79. The standard InChI is InChI=1S/C22H25F2N3O4S/c1-13(25-14(2)28)11-29-17-9-22(24,10-17)12-30-19-8-7-18-20(27-19)32-21(26-18)31-16-5-3-15(23)4-6-16/h3,5-8,13,15,17H,4,9-12H2,1-2H3,(H,25,28)/t13-,15?,17?,22?/m0/s1. The molecule has 0 radical (unpaired) electrons. The van der Waals surface area contributed by atoms with Crippen molar-refractivity contribution in [2.75, 3.05) is 13.2 Å². The van der Waals surface area contributed by atoms with Gasteiger partial charge in [0.15, 0.2) is 4.83 Å². The second kappa shape index (κ2) is 9.50. The zero-order valence-electron chi connectivity index (χ0n) is 17.8. The minimum Gasteiger partial charge on any atom is -0.474 e. The number of halogens is 2. The van der Waals surface area contributed by atoms with Crippen molar-refractivity contribution in [2.45, 2.75) is 57.1 Å². The first-order chi connectivity index (χ1) is 15.3. The number of nitrogens with zero attached hydrogens (tertiary/aromatic N) is 2. The lowest BCUT2D eigenvalue weighted by molar-refractivity contribution is -0.125. The van der Waals surface area contributed by atoms with Crippen LogP contribution in [0.25, 0.3) is 10.3 Å². The van der Waals surface area contributed by atoms with E-state index in [1.54, 1.807) is 24.3 Å². The lowest BCUT2D eigenvalue weighted by Gasteiger charge is -2.40. The Morgan fingerprint density at radius 3 is 2.91 bits per heavy atom. The van der Waals surface area contributed by atoms with Crippen LogP contribution in [0.1, 0.15) is 33.1 Å². The molecule has 32 heavy (non-hydrogen) atoms. The van der Waals surface area contributed by atoms with Crippen LogP contribution in [0, 0.1) is 0 Å². The van der Waals surface area contributed by atoms with Gasteiger partial charge < -0.3 is 19.5 Å². The van der Waals surface area contributed by atoms with Crippen LogP contribution in [0.5, 0.6) is 11.1 Å². The third-order valence-electron chi connectivity index (χ3n) is 5.13. The first-order valence-corrected chi connectivity index (χ1v) is 11.3. The largest absolute Gasteiger partial charge is 0.474 e. The van der Waals surface area contributed by atoms with Gasteiger partial charge in [-0.05, 0) is 31.2 Å². The third-order valence-corrected chi connectivity index (χ3v) is 5.97. The summed E-state index contributed by atoms with van der Waals surface area (Å²) in [5.41, 5.74) is -0.823. The molecule has 0 spiro atoms. The third kappa shape index (κ3) is 5.80. The molecule has 1 N–H and O–H groups in total. The molecule has 4 rings (SSSR count). The number of carbonyl (C=O) groups is 1. The van der Waals surface area contributed by atoms with Crippen LogP contribution in [-0.2, 0) is 9.53 Å². The van der Waals surface area contributed by atoms with Gasteiger partial charge in [-0.1, -0.05) is 11.3 Å². The van der Waals surface area contributed by atoms with E-state index in [0.29, 0.717) is 33.8 Å². The van der Waals surface area contributed by atoms with Crippen molar-refractivity contribution < 1.29 is 27.8 Å². The first kappa shape index (κ1) is 22.6. The summed E-state index contributed by atoms with van der Waals surface area (Å²) in [7, 11) is 0. The van der Waals surface area contributed by atoms with Gasteiger partial charge in [0.05, 0.1) is 12.7 Å². The number of aromatic nitrogens is 2. The molecule has 1 fully saturated rings. The lowest BCUT2D eigenvalue weighted by Crippen LogP contribution is -2.50. The van der Waals surface area contributed by atoms with Gasteiger partial charge in [0.2, 0.25) is 11.8 Å². The first-order valence-electron chi connectivity index (χ1n) is 10.5. The van der Waals surface area contributed by atoms with Crippen LogP contribution < -0.4 is 14.8 Å². The number of pyridine rings is 1. The summed E-state index contributed by atoms with van der Waals surface area (Å²) in [5.74, 6) is 0.734. The van der Waals surface area contributed by atoms with Crippen LogP contribution in [0.3, 0.4) is 0 Å². The Hall–Kier alpha value is -2.59. The molecule has 1 saturated carbocycles. The van der Waals surface area contributed by atoms with Crippen molar-refractivity contribution in [1.29, 1.82) is 0 Å². The summed E-state index contributed by atoms with van der Waals surface area (Å²) in [6, 6.07) is 3.27. The molecule has 2 aromatic heterocycles. The summed E-state index contributed by atoms with van der Waals surface area (Å²) in [4.78, 5) is 20.4. The van der Waals surface area contributed by atoms with Gasteiger partial charge in [0, 0.05) is 38.3 Å². The zero-order chi connectivity index (χ0) is 22.7. The van der Waals surface area contributed by atoms with Crippen LogP contribution in [0.2, 0.25) is 0 Å². The highest BCUT2D eigenvalue weighted by molar-refractivity contribution is 7.19. The Balaban J connectivity index is 1.26. The van der Waals surface area contributed by atoms with E-state index in [0.717, 1.165) is 0 Å². The number of nitrogens with one attached hydrogen (secondary N) is 1. The van der Waals surface area contributed by atoms with Gasteiger partial charge in [-0.25, -0.2) is 18.7 Å². The fraction of sp³-hybridized carbons (Fsp3) is 0.500. The van der Waals surface area contributed by atoms with Crippen LogP contribution >= 0.6 is 11.3 Å². The molecule has 2 atom stereocenters. The number of rotatable bonds is 9. The molecular weight excluding hydrogens is 440 g/mol. The topological polar surface area (TPSA) is 82.6 Å². The monoisotopic (exact) mass is 465 g/mol. The number of amides is 1. The minimum absolute atomic E-state index is 0.114. The van der Waals surface area contributed by atoms with Gasteiger partial charge >= 0.3 is 0 Å². The molecule has 2 aromatic rings. The molecule has 0 aromatic carbocycles. The molecule has 1 amide bonds. The van der Waals surface area contributed by atoms with E-state index < -0.39 is 11.8 Å². The highest BCUT2D eigenvalue weighted by Crippen LogP contribution is 2.39. The Bertz CT molecular complexity index is 1040. The van der Waals surface area contributed by atoms with E-state index >= 15 is 0 Å². The highest BCUT2D eigenvalue weighted by Gasteiger charge is 2.46. The summed E-state index contributed by atoms with van der Waals surface area (Å²) in [6.45, 7) is 3.52. The second-order valence-electron chi connectivity index (χ2n) is 8.18. The molecule has 0 aliphatic heterocycles. The maximum absolute atomic E-state index is 14.8. The van der Waals surface area contributed by atoms with E-state index in [1.165, 1.54) is 24.3 Å². The average molecular weight is 466 g/mol. The molecular formula is C22H25F2N3O4S. The molecule has 2 aliphatic carbocycles. The number of allylic oxidation sites excluding steroid dienone is 3. The van der Waals surface area contributed by atoms with Gasteiger partial charge in [-0.2, -0.15) is 0 Å². The Morgan fingerprint density at radius 1 is 1.38 bits per heavy atom. The summed E-state index contributed by atoms with van der Waals surface area (Å²) >= 11 is 1.24. The second-order valence-corrected chi connectivity index (χ2v) is 9.12. The van der Waals surface area contributed by atoms with Gasteiger partial charge in [-0.3, -0.25) is 4.79 Å². The number of alkyl halides is 2. The number of thiazole rings is 1. The predicted octanol–water partition coefficient (Wildman–Crippen LogP) is 4.04. The van der Waals surface area contributed by atoms with Crippen molar-refractivity contribution in [3.63, 3.8) is 0 Å². The summed E-state index contributed by atoms with van der Waals surface area (Å²) in [6.07, 6.45) is 4.28. The van der Waals surface area contributed by atoms with Crippen LogP contribution in [0.15, 0.2) is 36.1 Å². The molecule has 7 nitrogen and oxygen atoms in total. The van der Waals surface area contributed by atoms with Crippen molar-refractivity contribution in [2.24, 2.45) is 0 Å². The summed E-state index contributed by atoms with van der Waals surface area (Å²) < 4.78 is 44.9. The Morgan fingerprint density at radius 2 is 2.19 bits per heavy atom. The van der Waals surface area contributed by atoms with E-state index in [9.17, 15) is 13.6 Å². The number of fused-ring (bicyclic) bond motifs is 1. The van der Waals surface area contributed by atoms with Crippen LogP contribution in [-0.4, -0.2) is 53.1 Å². The number of carbonyl (C=O) groups excluding carboxylic acids is 1. The maximum atomic E-state index is 14.8. The normalized spacial score (nSPS) is 25.7. The molecule has 172 valence electrons. The smallest absolute Gasteiger partial charge is 0.281 e.